The lowest BCUT2D eigenvalue weighted by Crippen LogP contribution is -2.16. The molecular formula is C36H46FNO7. The van der Waals surface area contributed by atoms with E-state index in [4.69, 9.17) is 29.2 Å². The fraction of sp³-hybridized carbons (Fsp3) is 0.444. The van der Waals surface area contributed by atoms with Crippen LogP contribution in [0, 0.1) is 19.7 Å². The zero-order valence-electron chi connectivity index (χ0n) is 27.5. The van der Waals surface area contributed by atoms with Crippen LogP contribution in [0.25, 0.3) is 11.1 Å². The summed E-state index contributed by atoms with van der Waals surface area (Å²) >= 11 is 0. The number of nitrogens with zero attached hydrogens (tertiary/aromatic N) is 1. The predicted molar refractivity (Wildman–Crippen MR) is 175 cm³/mol. The lowest BCUT2D eigenvalue weighted by Gasteiger charge is -2.25. The Labute approximate surface area is 265 Å². The number of aldehydes is 1. The molecule has 0 radical (unpaired) electrons. The Balaban J connectivity index is 0.000000228. The van der Waals surface area contributed by atoms with Gasteiger partial charge in [-0.05, 0) is 118 Å². The molecule has 0 saturated heterocycles. The van der Waals surface area contributed by atoms with Gasteiger partial charge in [-0.25, -0.2) is 4.39 Å². The van der Waals surface area contributed by atoms with E-state index in [1.807, 2.05) is 0 Å². The van der Waals surface area contributed by atoms with Gasteiger partial charge < -0.3 is 29.3 Å². The van der Waals surface area contributed by atoms with Crippen molar-refractivity contribution in [3.05, 3.63) is 69.5 Å². The Morgan fingerprint density at radius 2 is 1.62 bits per heavy atom. The normalized spacial score (nSPS) is 14.1. The zero-order chi connectivity index (χ0) is 33.3. The largest absolute Gasteiger partial charge is 0.490 e. The maximum atomic E-state index is 14.8. The molecule has 3 aliphatic rings. The summed E-state index contributed by atoms with van der Waals surface area (Å²) in [4.78, 5) is 21.2. The third-order valence-electron chi connectivity index (χ3n) is 7.63. The van der Waals surface area contributed by atoms with Crippen molar-refractivity contribution in [2.45, 2.75) is 72.8 Å². The number of carboxylic acid groups (broad SMARTS) is 1. The van der Waals surface area contributed by atoms with E-state index in [-0.39, 0.29) is 12.3 Å². The number of hydrogen-bond donors (Lipinski definition) is 2. The molecule has 0 spiro atoms. The number of fused-ring (bicyclic) bond motifs is 3. The number of carbonyl (C=O) groups excluding carboxylic acids is 1. The molecule has 0 aliphatic carbocycles. The first kappa shape index (κ1) is 35.4. The van der Waals surface area contributed by atoms with Crippen molar-refractivity contribution in [1.29, 1.82) is 0 Å². The van der Waals surface area contributed by atoms with E-state index in [0.29, 0.717) is 42.6 Å². The molecule has 0 fully saturated rings. The number of aryl methyl sites for hydroxylation is 1. The van der Waals surface area contributed by atoms with Crippen LogP contribution >= 0.6 is 0 Å². The number of halogens is 1. The van der Waals surface area contributed by atoms with Gasteiger partial charge in [0.1, 0.15) is 13.2 Å². The van der Waals surface area contributed by atoms with Crippen LogP contribution in [0.3, 0.4) is 0 Å². The van der Waals surface area contributed by atoms with E-state index < -0.39 is 5.60 Å². The lowest BCUT2D eigenvalue weighted by atomic mass is 9.84. The standard InChI is InChI=1S/C22H26FNO.C9H8O3.C4H10O.CH2O2/c1-5-15-13(2)11-20-17(8-9-24(20)4)21(15)18-12-19(23)22-16(14(18)3)7-6-10-25-22;10-6-7-2-1-3-8-9(7)12-5-4-11-8;1-4(2,3)5;2-1-3/h11-12H,5-10H2,1-4H3;1-3,6H,4-5H2;5H,1-3H3;1H,(H,2,3). The van der Waals surface area contributed by atoms with Crippen LogP contribution in [-0.2, 0) is 24.1 Å². The van der Waals surface area contributed by atoms with E-state index in [0.717, 1.165) is 49.6 Å². The number of benzene rings is 3. The van der Waals surface area contributed by atoms with Gasteiger partial charge in [0.15, 0.2) is 29.4 Å². The number of hydrogen-bond acceptors (Lipinski definition) is 7. The van der Waals surface area contributed by atoms with Crippen LogP contribution in [0.15, 0.2) is 30.3 Å². The molecule has 8 nitrogen and oxygen atoms in total. The molecule has 45 heavy (non-hydrogen) atoms. The van der Waals surface area contributed by atoms with Crippen molar-refractivity contribution in [1.82, 2.24) is 0 Å². The van der Waals surface area contributed by atoms with Crippen molar-refractivity contribution >= 4 is 18.4 Å². The highest BCUT2D eigenvalue weighted by Crippen LogP contribution is 2.44. The summed E-state index contributed by atoms with van der Waals surface area (Å²) in [5.41, 5.74) is 9.97. The molecule has 0 bridgehead atoms. The SMILES string of the molecule is CC(C)(C)O.CCc1c(C)cc2c(c1-c1cc(F)c3c(c1C)CCCO3)CCN2C.O=CO.O=Cc1cccc2c1OCCO2. The van der Waals surface area contributed by atoms with Gasteiger partial charge in [0, 0.05) is 24.8 Å². The van der Waals surface area contributed by atoms with Gasteiger partial charge in [-0.2, -0.15) is 0 Å². The summed E-state index contributed by atoms with van der Waals surface area (Å²) in [5.74, 6) is 1.50. The molecule has 3 aliphatic heterocycles. The first-order chi connectivity index (χ1) is 21.4. The topological polar surface area (TPSA) is 106 Å². The highest BCUT2D eigenvalue weighted by molar-refractivity contribution is 5.84. The highest BCUT2D eigenvalue weighted by Gasteiger charge is 2.27. The second-order valence-corrected chi connectivity index (χ2v) is 12.1. The second-order valence-electron chi connectivity index (χ2n) is 12.1. The molecule has 6 rings (SSSR count). The van der Waals surface area contributed by atoms with Gasteiger partial charge in [0.05, 0.1) is 17.8 Å². The smallest absolute Gasteiger partial charge is 0.290 e. The molecule has 0 amide bonds. The summed E-state index contributed by atoms with van der Waals surface area (Å²) in [6, 6.07) is 9.29. The molecule has 0 saturated carbocycles. The van der Waals surface area contributed by atoms with Gasteiger partial charge in [-0.3, -0.25) is 9.59 Å². The van der Waals surface area contributed by atoms with E-state index in [1.54, 1.807) is 45.0 Å². The Morgan fingerprint density at radius 1 is 0.978 bits per heavy atom. The number of carbonyl (C=O) groups is 2. The average molecular weight is 624 g/mol. The minimum atomic E-state index is -0.500. The van der Waals surface area contributed by atoms with Crippen molar-refractivity contribution in [3.8, 4) is 28.4 Å². The quantitative estimate of drug-likeness (QED) is 0.309. The highest BCUT2D eigenvalue weighted by atomic mass is 19.1. The van der Waals surface area contributed by atoms with E-state index in [9.17, 15) is 9.18 Å². The third kappa shape index (κ3) is 8.75. The van der Waals surface area contributed by atoms with Crippen molar-refractivity contribution < 1.29 is 38.4 Å². The number of rotatable bonds is 3. The number of likely N-dealkylation sites (N-methyl/N-ethyl adjacent to an activating group) is 1. The van der Waals surface area contributed by atoms with Crippen LogP contribution in [0.5, 0.6) is 17.2 Å². The third-order valence-corrected chi connectivity index (χ3v) is 7.63. The van der Waals surface area contributed by atoms with Gasteiger partial charge in [-0.15, -0.1) is 0 Å². The van der Waals surface area contributed by atoms with Gasteiger partial charge in [-0.1, -0.05) is 13.0 Å². The first-order valence-electron chi connectivity index (χ1n) is 15.3. The van der Waals surface area contributed by atoms with E-state index in [2.05, 4.69) is 38.8 Å². The zero-order valence-corrected chi connectivity index (χ0v) is 27.5. The molecule has 0 unspecified atom stereocenters. The summed E-state index contributed by atoms with van der Waals surface area (Å²) < 4.78 is 31.0. The fourth-order valence-electron chi connectivity index (χ4n) is 5.77. The maximum absolute atomic E-state index is 14.8. The number of anilines is 1. The molecule has 3 aromatic carbocycles. The number of aliphatic hydroxyl groups is 1. The van der Waals surface area contributed by atoms with Crippen molar-refractivity contribution in [2.75, 3.05) is 38.3 Å². The minimum Gasteiger partial charge on any atom is -0.490 e. The molecule has 2 N–H and O–H groups in total. The summed E-state index contributed by atoms with van der Waals surface area (Å²) in [5, 5.41) is 15.4. The van der Waals surface area contributed by atoms with Gasteiger partial charge >= 0.3 is 0 Å². The summed E-state index contributed by atoms with van der Waals surface area (Å²) in [7, 11) is 2.15. The summed E-state index contributed by atoms with van der Waals surface area (Å²) in [6.07, 6.45) is 4.64. The van der Waals surface area contributed by atoms with Crippen LogP contribution in [0.2, 0.25) is 0 Å². The average Bonchev–Trinajstić information content (AvgIpc) is 3.37. The molecule has 244 valence electrons. The van der Waals surface area contributed by atoms with Crippen LogP contribution in [0.4, 0.5) is 10.1 Å². The van der Waals surface area contributed by atoms with Gasteiger partial charge in [0.25, 0.3) is 6.47 Å². The molecule has 0 atom stereocenters. The monoisotopic (exact) mass is 623 g/mol. The number of ether oxygens (including phenoxy) is 3. The Hall–Kier alpha value is -4.11. The predicted octanol–water partition coefficient (Wildman–Crippen LogP) is 6.74. The lowest BCUT2D eigenvalue weighted by molar-refractivity contribution is -0.122. The van der Waals surface area contributed by atoms with E-state index >= 15 is 0 Å². The van der Waals surface area contributed by atoms with E-state index in [1.165, 1.54) is 33.5 Å². The molecule has 9 heteroatoms. The maximum Gasteiger partial charge on any atom is 0.290 e. The fourth-order valence-corrected chi connectivity index (χ4v) is 5.77. The molecule has 0 aromatic heterocycles. The first-order valence-corrected chi connectivity index (χ1v) is 15.3. The van der Waals surface area contributed by atoms with Crippen molar-refractivity contribution in [2.24, 2.45) is 0 Å². The van der Waals surface area contributed by atoms with Gasteiger partial charge in [0.2, 0.25) is 0 Å². The number of para-hydroxylation sites is 1. The Bertz CT molecular complexity index is 1490. The van der Waals surface area contributed by atoms with Crippen molar-refractivity contribution in [3.63, 3.8) is 0 Å². The van der Waals surface area contributed by atoms with Crippen LogP contribution < -0.4 is 19.1 Å². The second kappa shape index (κ2) is 15.8. The van der Waals surface area contributed by atoms with Crippen LogP contribution in [0.1, 0.15) is 72.3 Å². The van der Waals surface area contributed by atoms with Crippen LogP contribution in [-0.4, -0.2) is 62.0 Å². The molecule has 3 heterocycles. The Morgan fingerprint density at radius 3 is 2.27 bits per heavy atom. The molecular weight excluding hydrogens is 577 g/mol. The molecule has 3 aromatic rings. The minimum absolute atomic E-state index is 0.209. The summed E-state index contributed by atoms with van der Waals surface area (Å²) in [6.45, 7) is 14.2. The Kier molecular flexibility index (Phi) is 12.4.